The topological polar surface area (TPSA) is 149 Å². The molecule has 0 radical (unpaired) electrons. The average molecular weight is 493 g/mol. The summed E-state index contributed by atoms with van der Waals surface area (Å²) in [4.78, 5) is 26.5. The van der Waals surface area contributed by atoms with Gasteiger partial charge >= 0.3 is 0 Å². The highest BCUT2D eigenvalue weighted by Crippen LogP contribution is 2.21. The van der Waals surface area contributed by atoms with Crippen LogP contribution in [0.4, 0.5) is 17.2 Å². The Morgan fingerprint density at radius 2 is 1.77 bits per heavy atom. The zero-order valence-electron chi connectivity index (χ0n) is 18.2. The van der Waals surface area contributed by atoms with Crippen LogP contribution in [0.25, 0.3) is 0 Å². The van der Waals surface area contributed by atoms with E-state index in [1.807, 2.05) is 12.1 Å². The van der Waals surface area contributed by atoms with Crippen molar-refractivity contribution in [2.75, 3.05) is 10.0 Å². The van der Waals surface area contributed by atoms with Crippen molar-refractivity contribution >= 4 is 33.1 Å². The fourth-order valence-electron chi connectivity index (χ4n) is 3.20. The van der Waals surface area contributed by atoms with E-state index in [0.717, 1.165) is 18.1 Å². The largest absolute Gasteiger partial charge is 0.305 e. The van der Waals surface area contributed by atoms with E-state index in [1.54, 1.807) is 29.3 Å². The number of benzene rings is 2. The quantitative estimate of drug-likeness (QED) is 0.268. The van der Waals surface area contributed by atoms with Gasteiger partial charge in [0, 0.05) is 54.6 Å². The average Bonchev–Trinajstić information content (AvgIpc) is 3.31. The summed E-state index contributed by atoms with van der Waals surface area (Å²) in [5.74, 6) is -0.0161. The van der Waals surface area contributed by atoms with Crippen molar-refractivity contribution in [1.82, 2.24) is 14.8 Å². The highest BCUT2D eigenvalue weighted by Gasteiger charge is 2.18. The van der Waals surface area contributed by atoms with Crippen molar-refractivity contribution in [2.24, 2.45) is 0 Å². The number of nitro groups is 1. The predicted octanol–water partition coefficient (Wildman–Crippen LogP) is 3.48. The van der Waals surface area contributed by atoms with Gasteiger partial charge in [0.05, 0.1) is 9.82 Å². The molecule has 0 spiro atoms. The van der Waals surface area contributed by atoms with Crippen LogP contribution in [0.3, 0.4) is 0 Å². The Hall–Kier alpha value is -4.58. The zero-order chi connectivity index (χ0) is 24.8. The summed E-state index contributed by atoms with van der Waals surface area (Å²) in [6, 6.07) is 16.0. The van der Waals surface area contributed by atoms with E-state index >= 15 is 0 Å². The number of nitrogens with one attached hydrogen (secondary N) is 2. The Morgan fingerprint density at radius 1 is 1.03 bits per heavy atom. The summed E-state index contributed by atoms with van der Waals surface area (Å²) in [6.45, 7) is 0.638. The van der Waals surface area contributed by atoms with Crippen LogP contribution in [-0.2, 0) is 23.0 Å². The fourth-order valence-corrected chi connectivity index (χ4v) is 4.30. The Bertz CT molecular complexity index is 1450. The van der Waals surface area contributed by atoms with Gasteiger partial charge in [-0.3, -0.25) is 29.3 Å². The minimum atomic E-state index is -4.05. The van der Waals surface area contributed by atoms with Gasteiger partial charge in [0.15, 0.2) is 5.82 Å². The van der Waals surface area contributed by atoms with Gasteiger partial charge in [-0.15, -0.1) is 0 Å². The van der Waals surface area contributed by atoms with Gasteiger partial charge in [-0.2, -0.15) is 5.10 Å². The first-order valence-electron chi connectivity index (χ1n) is 10.4. The molecule has 0 aliphatic heterocycles. The van der Waals surface area contributed by atoms with Crippen molar-refractivity contribution in [3.05, 3.63) is 107 Å². The third-order valence-corrected chi connectivity index (χ3v) is 6.38. The van der Waals surface area contributed by atoms with E-state index in [2.05, 4.69) is 20.1 Å². The van der Waals surface area contributed by atoms with Crippen molar-refractivity contribution in [2.45, 2.75) is 17.9 Å². The molecular formula is C23H20N6O5S. The number of carbonyl (C=O) groups is 1. The molecule has 0 fully saturated rings. The number of rotatable bonds is 9. The first kappa shape index (κ1) is 23.6. The number of aromatic nitrogens is 3. The minimum absolute atomic E-state index is 0.202. The SMILES string of the molecule is O=C(Nc1ccn(CCc2ccncc2)n1)c1ccc(NS(=O)(=O)c2cccc([N+](=O)[O-])c2)cc1. The van der Waals surface area contributed by atoms with Crippen molar-refractivity contribution < 1.29 is 18.1 Å². The molecule has 2 N–H and O–H groups in total. The highest BCUT2D eigenvalue weighted by molar-refractivity contribution is 7.92. The lowest BCUT2D eigenvalue weighted by Crippen LogP contribution is -2.15. The number of sulfonamides is 1. The predicted molar refractivity (Wildman–Crippen MR) is 128 cm³/mol. The van der Waals surface area contributed by atoms with Crippen LogP contribution in [-0.4, -0.2) is 34.0 Å². The van der Waals surface area contributed by atoms with Gasteiger partial charge in [0.2, 0.25) is 0 Å². The Balaban J connectivity index is 1.36. The fraction of sp³-hybridized carbons (Fsp3) is 0.0870. The third-order valence-electron chi connectivity index (χ3n) is 5.00. The minimum Gasteiger partial charge on any atom is -0.305 e. The Kier molecular flexibility index (Phi) is 6.83. The summed E-state index contributed by atoms with van der Waals surface area (Å²) in [5, 5.41) is 18.0. The molecule has 2 heterocycles. The van der Waals surface area contributed by atoms with Crippen LogP contribution < -0.4 is 10.0 Å². The summed E-state index contributed by atoms with van der Waals surface area (Å²) in [5.41, 5.74) is 1.30. The number of aryl methyl sites for hydroxylation is 2. The second-order valence-corrected chi connectivity index (χ2v) is 9.14. The van der Waals surface area contributed by atoms with E-state index in [4.69, 9.17) is 0 Å². The number of carbonyl (C=O) groups excluding carboxylic acids is 1. The maximum Gasteiger partial charge on any atom is 0.270 e. The standard InChI is InChI=1S/C23H20N6O5S/c30-23(25-22-11-15-28(26-22)14-10-17-8-12-24-13-9-17)18-4-6-19(7-5-18)27-35(33,34)21-3-1-2-20(16-21)29(31)32/h1-9,11-13,15-16,27H,10,14H2,(H,25,26,30). The smallest absolute Gasteiger partial charge is 0.270 e. The first-order chi connectivity index (χ1) is 16.8. The second kappa shape index (κ2) is 10.1. The molecule has 0 aliphatic carbocycles. The number of amides is 1. The van der Waals surface area contributed by atoms with Crippen molar-refractivity contribution in [3.63, 3.8) is 0 Å². The number of hydrogen-bond donors (Lipinski definition) is 2. The summed E-state index contributed by atoms with van der Waals surface area (Å²) >= 11 is 0. The number of nitro benzene ring substituents is 1. The summed E-state index contributed by atoms with van der Waals surface area (Å²) < 4.78 is 29.2. The zero-order valence-corrected chi connectivity index (χ0v) is 19.1. The van der Waals surface area contributed by atoms with Crippen LogP contribution in [0.2, 0.25) is 0 Å². The molecule has 0 aliphatic rings. The molecule has 2 aromatic heterocycles. The van der Waals surface area contributed by atoms with E-state index in [-0.39, 0.29) is 16.3 Å². The van der Waals surface area contributed by atoms with Crippen LogP contribution >= 0.6 is 0 Å². The van der Waals surface area contributed by atoms with Gasteiger partial charge in [0.1, 0.15) is 0 Å². The van der Waals surface area contributed by atoms with Gasteiger partial charge < -0.3 is 5.32 Å². The maximum atomic E-state index is 12.6. The van der Waals surface area contributed by atoms with E-state index < -0.39 is 20.9 Å². The van der Waals surface area contributed by atoms with Gasteiger partial charge in [0.25, 0.3) is 21.6 Å². The van der Waals surface area contributed by atoms with Crippen LogP contribution in [0.1, 0.15) is 15.9 Å². The maximum absolute atomic E-state index is 12.6. The van der Waals surface area contributed by atoms with Crippen LogP contribution in [0.15, 0.2) is 90.2 Å². The molecule has 0 atom stereocenters. The van der Waals surface area contributed by atoms with Crippen molar-refractivity contribution in [3.8, 4) is 0 Å². The molecule has 12 heteroatoms. The van der Waals surface area contributed by atoms with E-state index in [1.165, 1.54) is 42.5 Å². The van der Waals surface area contributed by atoms with Crippen LogP contribution in [0.5, 0.6) is 0 Å². The van der Waals surface area contributed by atoms with Crippen molar-refractivity contribution in [1.29, 1.82) is 0 Å². The van der Waals surface area contributed by atoms with Gasteiger partial charge in [-0.05, 0) is 54.4 Å². The van der Waals surface area contributed by atoms with E-state index in [0.29, 0.717) is 17.9 Å². The molecule has 0 unspecified atom stereocenters. The molecule has 35 heavy (non-hydrogen) atoms. The molecule has 0 saturated heterocycles. The molecule has 0 saturated carbocycles. The summed E-state index contributed by atoms with van der Waals surface area (Å²) in [6.07, 6.45) is 6.00. The number of non-ortho nitro benzene ring substituents is 1. The van der Waals surface area contributed by atoms with Gasteiger partial charge in [-0.25, -0.2) is 8.42 Å². The molecule has 178 valence electrons. The number of anilines is 2. The molecule has 4 aromatic rings. The highest BCUT2D eigenvalue weighted by atomic mass is 32.2. The molecular weight excluding hydrogens is 472 g/mol. The lowest BCUT2D eigenvalue weighted by molar-refractivity contribution is -0.385. The Labute approximate surface area is 200 Å². The number of pyridine rings is 1. The third kappa shape index (κ3) is 6.06. The first-order valence-corrected chi connectivity index (χ1v) is 11.9. The molecule has 11 nitrogen and oxygen atoms in total. The van der Waals surface area contributed by atoms with Crippen LogP contribution in [0, 0.1) is 10.1 Å². The van der Waals surface area contributed by atoms with E-state index in [9.17, 15) is 23.3 Å². The monoisotopic (exact) mass is 492 g/mol. The molecule has 0 bridgehead atoms. The lowest BCUT2D eigenvalue weighted by Gasteiger charge is -2.09. The number of hydrogen-bond acceptors (Lipinski definition) is 7. The Morgan fingerprint density at radius 3 is 2.49 bits per heavy atom. The second-order valence-electron chi connectivity index (χ2n) is 7.46. The lowest BCUT2D eigenvalue weighted by atomic mass is 10.2. The molecule has 2 aromatic carbocycles. The normalized spacial score (nSPS) is 11.1. The summed E-state index contributed by atoms with van der Waals surface area (Å²) in [7, 11) is -4.05. The molecule has 4 rings (SSSR count). The van der Waals surface area contributed by atoms with Gasteiger partial charge in [-0.1, -0.05) is 6.07 Å². The molecule has 1 amide bonds. The number of nitrogens with zero attached hydrogens (tertiary/aromatic N) is 4.